The maximum atomic E-state index is 11.9. The van der Waals surface area contributed by atoms with E-state index in [1.165, 1.54) is 0 Å². The van der Waals surface area contributed by atoms with Gasteiger partial charge in [0.1, 0.15) is 5.76 Å². The number of furan rings is 1. The molecule has 0 radical (unpaired) electrons. The molecule has 3 aromatic heterocycles. The van der Waals surface area contributed by atoms with Gasteiger partial charge in [-0.05, 0) is 25.1 Å². The SMILES string of the molecule is Cc1nn(C)c2ncc(NC(=O)CCc3ccco3)cc12. The van der Waals surface area contributed by atoms with Crippen molar-refractivity contribution in [3.05, 3.63) is 42.1 Å². The molecule has 0 atom stereocenters. The van der Waals surface area contributed by atoms with Gasteiger partial charge in [0, 0.05) is 25.3 Å². The first-order valence-electron chi connectivity index (χ1n) is 6.75. The first-order chi connectivity index (χ1) is 10.1. The molecule has 0 aliphatic heterocycles. The first-order valence-corrected chi connectivity index (χ1v) is 6.75. The summed E-state index contributed by atoms with van der Waals surface area (Å²) in [7, 11) is 1.85. The number of rotatable bonds is 4. The molecule has 0 spiro atoms. The summed E-state index contributed by atoms with van der Waals surface area (Å²) >= 11 is 0. The van der Waals surface area contributed by atoms with Gasteiger partial charge < -0.3 is 9.73 Å². The van der Waals surface area contributed by atoms with Gasteiger partial charge in [-0.3, -0.25) is 9.48 Å². The highest BCUT2D eigenvalue weighted by Gasteiger charge is 2.09. The molecule has 0 aliphatic rings. The minimum absolute atomic E-state index is 0.0610. The van der Waals surface area contributed by atoms with Crippen LogP contribution < -0.4 is 5.32 Å². The van der Waals surface area contributed by atoms with Crippen LogP contribution in [0.15, 0.2) is 35.1 Å². The average Bonchev–Trinajstić information content (AvgIpc) is 3.06. The largest absolute Gasteiger partial charge is 0.469 e. The molecule has 3 aromatic rings. The number of carbonyl (C=O) groups is 1. The molecule has 0 fully saturated rings. The van der Waals surface area contributed by atoms with Crippen LogP contribution in [0.25, 0.3) is 11.0 Å². The number of aromatic nitrogens is 3. The van der Waals surface area contributed by atoms with E-state index in [9.17, 15) is 4.79 Å². The maximum Gasteiger partial charge on any atom is 0.224 e. The lowest BCUT2D eigenvalue weighted by Gasteiger charge is -2.04. The highest BCUT2D eigenvalue weighted by molar-refractivity contribution is 5.93. The third-order valence-electron chi connectivity index (χ3n) is 3.33. The van der Waals surface area contributed by atoms with Crippen molar-refractivity contribution in [2.75, 3.05) is 5.32 Å². The Bertz CT molecular complexity index is 774. The molecule has 1 amide bonds. The Morgan fingerprint density at radius 1 is 1.48 bits per heavy atom. The van der Waals surface area contributed by atoms with E-state index in [4.69, 9.17) is 4.42 Å². The molecule has 6 nitrogen and oxygen atoms in total. The number of nitrogens with zero attached hydrogens (tertiary/aromatic N) is 3. The number of nitrogens with one attached hydrogen (secondary N) is 1. The van der Waals surface area contributed by atoms with E-state index in [1.54, 1.807) is 17.1 Å². The van der Waals surface area contributed by atoms with Crippen LogP contribution in [0, 0.1) is 6.92 Å². The number of hydrogen-bond acceptors (Lipinski definition) is 4. The fraction of sp³-hybridized carbons (Fsp3) is 0.267. The monoisotopic (exact) mass is 284 g/mol. The van der Waals surface area contributed by atoms with Gasteiger partial charge >= 0.3 is 0 Å². The summed E-state index contributed by atoms with van der Waals surface area (Å²) in [5.74, 6) is 0.746. The van der Waals surface area contributed by atoms with Crippen molar-refractivity contribution < 1.29 is 9.21 Å². The van der Waals surface area contributed by atoms with Crippen molar-refractivity contribution in [1.29, 1.82) is 0 Å². The summed E-state index contributed by atoms with van der Waals surface area (Å²) in [5, 5.41) is 8.11. The number of amides is 1. The molecular formula is C15H16N4O2. The molecule has 6 heteroatoms. The Kier molecular flexibility index (Phi) is 3.43. The van der Waals surface area contributed by atoms with Crippen LogP contribution in [0.3, 0.4) is 0 Å². The van der Waals surface area contributed by atoms with Crippen LogP contribution in [0.4, 0.5) is 5.69 Å². The maximum absolute atomic E-state index is 11.9. The Morgan fingerprint density at radius 3 is 3.10 bits per heavy atom. The second kappa shape index (κ2) is 5.40. The van der Waals surface area contributed by atoms with Crippen molar-refractivity contribution in [1.82, 2.24) is 14.8 Å². The van der Waals surface area contributed by atoms with Crippen LogP contribution in [0.1, 0.15) is 17.9 Å². The quantitative estimate of drug-likeness (QED) is 0.798. The zero-order valence-corrected chi connectivity index (χ0v) is 12.0. The van der Waals surface area contributed by atoms with Gasteiger partial charge in [-0.1, -0.05) is 0 Å². The highest BCUT2D eigenvalue weighted by Crippen LogP contribution is 2.19. The van der Waals surface area contributed by atoms with Crippen LogP contribution in [-0.2, 0) is 18.3 Å². The van der Waals surface area contributed by atoms with E-state index in [0.29, 0.717) is 18.5 Å². The van der Waals surface area contributed by atoms with Crippen molar-refractivity contribution in [3.8, 4) is 0 Å². The van der Waals surface area contributed by atoms with E-state index in [0.717, 1.165) is 22.5 Å². The number of pyridine rings is 1. The Labute approximate surface area is 121 Å². The predicted molar refractivity (Wildman–Crippen MR) is 78.9 cm³/mol. The molecule has 0 unspecified atom stereocenters. The summed E-state index contributed by atoms with van der Waals surface area (Å²) in [6.07, 6.45) is 4.21. The summed E-state index contributed by atoms with van der Waals surface area (Å²) in [6.45, 7) is 1.92. The number of carbonyl (C=O) groups excluding carboxylic acids is 1. The Hall–Kier alpha value is -2.63. The van der Waals surface area contributed by atoms with Gasteiger partial charge in [0.05, 0.1) is 23.8 Å². The number of anilines is 1. The number of hydrogen-bond donors (Lipinski definition) is 1. The van der Waals surface area contributed by atoms with Crippen molar-refractivity contribution in [2.45, 2.75) is 19.8 Å². The molecule has 0 aliphatic carbocycles. The summed E-state index contributed by atoms with van der Waals surface area (Å²) in [4.78, 5) is 16.3. The Balaban J connectivity index is 1.69. The van der Waals surface area contributed by atoms with E-state index in [1.807, 2.05) is 32.2 Å². The fourth-order valence-corrected chi connectivity index (χ4v) is 2.29. The van der Waals surface area contributed by atoms with Crippen LogP contribution >= 0.6 is 0 Å². The van der Waals surface area contributed by atoms with E-state index in [2.05, 4.69) is 15.4 Å². The summed E-state index contributed by atoms with van der Waals surface area (Å²) in [6, 6.07) is 5.58. The molecule has 0 bridgehead atoms. The molecule has 3 rings (SSSR count). The predicted octanol–water partition coefficient (Wildman–Crippen LogP) is 2.44. The highest BCUT2D eigenvalue weighted by atomic mass is 16.3. The Morgan fingerprint density at radius 2 is 2.33 bits per heavy atom. The van der Waals surface area contributed by atoms with Crippen LogP contribution in [-0.4, -0.2) is 20.7 Å². The fourth-order valence-electron chi connectivity index (χ4n) is 2.29. The van der Waals surface area contributed by atoms with Crippen molar-refractivity contribution >= 4 is 22.6 Å². The van der Waals surface area contributed by atoms with E-state index < -0.39 is 0 Å². The second-order valence-electron chi connectivity index (χ2n) is 4.93. The third kappa shape index (κ3) is 2.79. The second-order valence-corrected chi connectivity index (χ2v) is 4.93. The van der Waals surface area contributed by atoms with Crippen LogP contribution in [0.5, 0.6) is 0 Å². The van der Waals surface area contributed by atoms with E-state index >= 15 is 0 Å². The number of fused-ring (bicyclic) bond motifs is 1. The van der Waals surface area contributed by atoms with Crippen LogP contribution in [0.2, 0.25) is 0 Å². The zero-order valence-electron chi connectivity index (χ0n) is 12.0. The molecule has 21 heavy (non-hydrogen) atoms. The summed E-state index contributed by atoms with van der Waals surface area (Å²) < 4.78 is 6.94. The number of aryl methyl sites for hydroxylation is 3. The van der Waals surface area contributed by atoms with Gasteiger partial charge in [0.15, 0.2) is 5.65 Å². The smallest absolute Gasteiger partial charge is 0.224 e. The molecule has 0 saturated carbocycles. The summed E-state index contributed by atoms with van der Waals surface area (Å²) in [5.41, 5.74) is 2.39. The first kappa shape index (κ1) is 13.4. The van der Waals surface area contributed by atoms with Crippen molar-refractivity contribution in [2.24, 2.45) is 7.05 Å². The lowest BCUT2D eigenvalue weighted by Crippen LogP contribution is -2.12. The third-order valence-corrected chi connectivity index (χ3v) is 3.33. The van der Waals surface area contributed by atoms with E-state index in [-0.39, 0.29) is 5.91 Å². The van der Waals surface area contributed by atoms with Gasteiger partial charge in [-0.15, -0.1) is 0 Å². The van der Waals surface area contributed by atoms with Gasteiger partial charge in [-0.25, -0.2) is 4.98 Å². The van der Waals surface area contributed by atoms with Crippen molar-refractivity contribution in [3.63, 3.8) is 0 Å². The minimum Gasteiger partial charge on any atom is -0.469 e. The molecule has 1 N–H and O–H groups in total. The molecule has 108 valence electrons. The molecule has 0 saturated heterocycles. The lowest BCUT2D eigenvalue weighted by molar-refractivity contribution is -0.116. The molecule has 0 aromatic carbocycles. The topological polar surface area (TPSA) is 73.0 Å². The average molecular weight is 284 g/mol. The molecule has 3 heterocycles. The minimum atomic E-state index is -0.0610. The van der Waals surface area contributed by atoms with Gasteiger partial charge in [0.2, 0.25) is 5.91 Å². The van der Waals surface area contributed by atoms with Gasteiger partial charge in [-0.2, -0.15) is 5.10 Å². The standard InChI is InChI=1S/C15H16N4O2/c1-10-13-8-11(9-16-15(13)19(2)18-10)17-14(20)6-5-12-4-3-7-21-12/h3-4,7-9H,5-6H2,1-2H3,(H,17,20). The zero-order chi connectivity index (χ0) is 14.8. The van der Waals surface area contributed by atoms with Gasteiger partial charge in [0.25, 0.3) is 0 Å². The molecular weight excluding hydrogens is 268 g/mol. The lowest BCUT2D eigenvalue weighted by atomic mass is 10.2. The normalized spacial score (nSPS) is 11.0.